The van der Waals surface area contributed by atoms with E-state index in [1.165, 1.54) is 11.3 Å². The molecule has 28 heavy (non-hydrogen) atoms. The second kappa shape index (κ2) is 9.49. The molecule has 0 saturated carbocycles. The van der Waals surface area contributed by atoms with Crippen molar-refractivity contribution in [3.63, 3.8) is 0 Å². The molecule has 1 fully saturated rings. The molecular weight excluding hydrogens is 392 g/mol. The molecule has 0 spiro atoms. The van der Waals surface area contributed by atoms with E-state index in [0.717, 1.165) is 35.5 Å². The Bertz CT molecular complexity index is 830. The van der Waals surface area contributed by atoms with Crippen molar-refractivity contribution in [2.24, 2.45) is 0 Å². The van der Waals surface area contributed by atoms with Crippen molar-refractivity contribution in [2.75, 3.05) is 18.5 Å². The highest BCUT2D eigenvalue weighted by molar-refractivity contribution is 7.80. The van der Waals surface area contributed by atoms with Crippen LogP contribution in [0.2, 0.25) is 0 Å². The molecule has 0 aliphatic carbocycles. The maximum atomic E-state index is 12.7. The number of esters is 1. The highest BCUT2D eigenvalue weighted by atomic mass is 32.1. The predicted molar refractivity (Wildman–Crippen MR) is 118 cm³/mol. The average Bonchev–Trinajstić information content (AvgIpc) is 3.30. The zero-order valence-corrected chi connectivity index (χ0v) is 18.0. The van der Waals surface area contributed by atoms with Gasteiger partial charge in [0.15, 0.2) is 5.11 Å². The molecule has 1 aromatic heterocycles. The van der Waals surface area contributed by atoms with Gasteiger partial charge in [-0.3, -0.25) is 0 Å². The van der Waals surface area contributed by atoms with Crippen molar-refractivity contribution in [1.82, 2.24) is 5.32 Å². The number of aryl methyl sites for hydroxylation is 1. The fourth-order valence-electron chi connectivity index (χ4n) is 3.42. The molecule has 0 radical (unpaired) electrons. The Kier molecular flexibility index (Phi) is 7.04. The molecule has 2 heterocycles. The molecule has 2 aromatic rings. The van der Waals surface area contributed by atoms with Gasteiger partial charge in [-0.2, -0.15) is 0 Å². The summed E-state index contributed by atoms with van der Waals surface area (Å²) in [5.74, 6) is -0.344. The Labute approximate surface area is 175 Å². The SMILES string of the molecule is CCOC(=O)c1c(NC(=S)N[C@@H](C)[C@@H]2CCCO2)sc(C)c1-c1ccccc1. The zero-order chi connectivity index (χ0) is 20.1. The third-order valence-electron chi connectivity index (χ3n) is 4.73. The maximum absolute atomic E-state index is 12.7. The third-order valence-corrected chi connectivity index (χ3v) is 5.98. The minimum atomic E-state index is -0.344. The fraction of sp³-hybridized carbons (Fsp3) is 0.429. The first-order chi connectivity index (χ1) is 13.5. The number of nitrogens with one attached hydrogen (secondary N) is 2. The van der Waals surface area contributed by atoms with Gasteiger partial charge in [0, 0.05) is 17.0 Å². The first kappa shape index (κ1) is 20.8. The number of hydrogen-bond acceptors (Lipinski definition) is 5. The molecule has 1 aromatic carbocycles. The summed E-state index contributed by atoms with van der Waals surface area (Å²) in [5.41, 5.74) is 2.41. The standard InChI is InChI=1S/C21H26N2O3S2/c1-4-25-20(24)18-17(15-9-6-5-7-10-15)14(3)28-19(18)23-21(27)22-13(2)16-11-8-12-26-16/h5-7,9-10,13,16H,4,8,11-12H2,1-3H3,(H2,22,23,27)/t13-,16-/m0/s1. The van der Waals surface area contributed by atoms with Crippen LogP contribution < -0.4 is 10.6 Å². The van der Waals surface area contributed by atoms with Gasteiger partial charge >= 0.3 is 5.97 Å². The fourth-order valence-corrected chi connectivity index (χ4v) is 4.84. The van der Waals surface area contributed by atoms with Crippen molar-refractivity contribution in [3.05, 3.63) is 40.8 Å². The first-order valence-electron chi connectivity index (χ1n) is 9.56. The lowest BCUT2D eigenvalue weighted by atomic mass is 10.0. The van der Waals surface area contributed by atoms with Crippen molar-refractivity contribution < 1.29 is 14.3 Å². The van der Waals surface area contributed by atoms with Gasteiger partial charge in [0.2, 0.25) is 0 Å². The van der Waals surface area contributed by atoms with Crippen LogP contribution in [-0.4, -0.2) is 36.4 Å². The van der Waals surface area contributed by atoms with Gasteiger partial charge in [0.05, 0.1) is 18.8 Å². The van der Waals surface area contributed by atoms with Gasteiger partial charge in [-0.25, -0.2) is 4.79 Å². The maximum Gasteiger partial charge on any atom is 0.341 e. The van der Waals surface area contributed by atoms with E-state index in [-0.39, 0.29) is 18.1 Å². The first-order valence-corrected chi connectivity index (χ1v) is 10.8. The number of anilines is 1. The van der Waals surface area contributed by atoms with Crippen LogP contribution in [0, 0.1) is 6.92 Å². The van der Waals surface area contributed by atoms with E-state index in [9.17, 15) is 4.79 Å². The zero-order valence-electron chi connectivity index (χ0n) is 16.4. The molecule has 1 aliphatic heterocycles. The van der Waals surface area contributed by atoms with Crippen molar-refractivity contribution in [2.45, 2.75) is 45.8 Å². The molecular formula is C21H26N2O3S2. The number of thiocarbonyl (C=S) groups is 1. The summed E-state index contributed by atoms with van der Waals surface area (Å²) in [6, 6.07) is 9.98. The quantitative estimate of drug-likeness (QED) is 0.521. The Morgan fingerprint density at radius 3 is 2.79 bits per heavy atom. The van der Waals surface area contributed by atoms with Crippen LogP contribution in [0.1, 0.15) is 41.9 Å². The van der Waals surface area contributed by atoms with Crippen LogP contribution in [0.25, 0.3) is 11.1 Å². The molecule has 2 N–H and O–H groups in total. The van der Waals surface area contributed by atoms with E-state index in [1.807, 2.05) is 44.2 Å². The average molecular weight is 419 g/mol. The van der Waals surface area contributed by atoms with Gasteiger partial charge in [-0.15, -0.1) is 11.3 Å². The van der Waals surface area contributed by atoms with Crippen molar-refractivity contribution in [3.8, 4) is 11.1 Å². The molecule has 0 unspecified atom stereocenters. The molecule has 5 nitrogen and oxygen atoms in total. The van der Waals surface area contributed by atoms with Gasteiger partial charge in [0.1, 0.15) is 10.6 Å². The number of rotatable bonds is 6. The minimum absolute atomic E-state index is 0.100. The summed E-state index contributed by atoms with van der Waals surface area (Å²) in [4.78, 5) is 13.8. The largest absolute Gasteiger partial charge is 0.462 e. The van der Waals surface area contributed by atoms with Gasteiger partial charge in [0.25, 0.3) is 0 Å². The van der Waals surface area contributed by atoms with Crippen molar-refractivity contribution >= 4 is 39.6 Å². The van der Waals surface area contributed by atoms with Crippen LogP contribution in [-0.2, 0) is 9.47 Å². The van der Waals surface area contributed by atoms with Crippen molar-refractivity contribution in [1.29, 1.82) is 0 Å². The number of hydrogen-bond donors (Lipinski definition) is 2. The second-order valence-electron chi connectivity index (χ2n) is 6.76. The van der Waals surface area contributed by atoms with Crippen LogP contribution in [0.3, 0.4) is 0 Å². The van der Waals surface area contributed by atoms with Gasteiger partial charge in [-0.1, -0.05) is 30.3 Å². The lowest BCUT2D eigenvalue weighted by Gasteiger charge is -2.22. The summed E-state index contributed by atoms with van der Waals surface area (Å²) < 4.78 is 11.1. The van der Waals surface area contributed by atoms with E-state index < -0.39 is 0 Å². The Morgan fingerprint density at radius 2 is 2.14 bits per heavy atom. The Morgan fingerprint density at radius 1 is 1.39 bits per heavy atom. The highest BCUT2D eigenvalue weighted by Gasteiger charge is 2.26. The Balaban J connectivity index is 1.85. The topological polar surface area (TPSA) is 59.6 Å². The van der Waals surface area contributed by atoms with Gasteiger partial charge in [-0.05, 0) is 51.4 Å². The molecule has 3 rings (SSSR count). The second-order valence-corrected chi connectivity index (χ2v) is 8.40. The van der Waals surface area contributed by atoms with Crippen LogP contribution in [0.4, 0.5) is 5.00 Å². The van der Waals surface area contributed by atoms with E-state index in [0.29, 0.717) is 22.3 Å². The molecule has 0 bridgehead atoms. The summed E-state index contributed by atoms with van der Waals surface area (Å²) >= 11 is 7.01. The lowest BCUT2D eigenvalue weighted by molar-refractivity contribution is 0.0529. The van der Waals surface area contributed by atoms with E-state index in [4.69, 9.17) is 21.7 Å². The molecule has 150 valence electrons. The molecule has 1 saturated heterocycles. The summed E-state index contributed by atoms with van der Waals surface area (Å²) in [5, 5.41) is 7.69. The van der Waals surface area contributed by atoms with Crippen LogP contribution in [0.5, 0.6) is 0 Å². The molecule has 7 heteroatoms. The van der Waals surface area contributed by atoms with Crippen LogP contribution in [0.15, 0.2) is 30.3 Å². The minimum Gasteiger partial charge on any atom is -0.462 e. The molecule has 1 aliphatic rings. The smallest absolute Gasteiger partial charge is 0.341 e. The number of benzene rings is 1. The summed E-state index contributed by atoms with van der Waals surface area (Å²) in [6.45, 7) is 6.99. The normalized spacial score (nSPS) is 17.2. The third kappa shape index (κ3) is 4.71. The van der Waals surface area contributed by atoms with E-state index in [2.05, 4.69) is 17.6 Å². The molecule has 2 atom stereocenters. The van der Waals surface area contributed by atoms with E-state index in [1.54, 1.807) is 0 Å². The summed E-state index contributed by atoms with van der Waals surface area (Å²) in [7, 11) is 0. The van der Waals surface area contributed by atoms with Gasteiger partial charge < -0.3 is 20.1 Å². The number of carbonyl (C=O) groups excluding carboxylic acids is 1. The van der Waals surface area contributed by atoms with E-state index >= 15 is 0 Å². The number of thiophene rings is 1. The lowest BCUT2D eigenvalue weighted by Crippen LogP contribution is -2.42. The summed E-state index contributed by atoms with van der Waals surface area (Å²) in [6.07, 6.45) is 2.27. The number of ether oxygens (including phenoxy) is 2. The molecule has 0 amide bonds. The van der Waals surface area contributed by atoms with Crippen LogP contribution >= 0.6 is 23.6 Å². The Hall–Kier alpha value is -1.96. The monoisotopic (exact) mass is 418 g/mol. The highest BCUT2D eigenvalue weighted by Crippen LogP contribution is 2.40. The predicted octanol–water partition coefficient (Wildman–Crippen LogP) is 4.75. The number of carbonyl (C=O) groups is 1.